The number of rotatable bonds is 10. The van der Waals surface area contributed by atoms with Crippen molar-refractivity contribution in [1.82, 2.24) is 4.57 Å². The van der Waals surface area contributed by atoms with Gasteiger partial charge in [-0.05, 0) is 61.4 Å². The van der Waals surface area contributed by atoms with Crippen molar-refractivity contribution in [1.29, 1.82) is 0 Å². The summed E-state index contributed by atoms with van der Waals surface area (Å²) < 4.78 is 24.4. The van der Waals surface area contributed by atoms with Gasteiger partial charge in [-0.3, -0.25) is 9.36 Å². The molecule has 5 rings (SSSR count). The molecule has 1 aliphatic rings. The molecule has 4 aromatic rings. The number of thiazole rings is 1. The summed E-state index contributed by atoms with van der Waals surface area (Å²) in [6.45, 7) is 5.01. The Kier molecular flexibility index (Phi) is 9.09. The Bertz CT molecular complexity index is 1810. The molecule has 0 aliphatic carbocycles. The number of fused-ring (bicyclic) bond motifs is 1. The molecule has 8 nitrogen and oxygen atoms in total. The molecule has 0 unspecified atom stereocenters. The summed E-state index contributed by atoms with van der Waals surface area (Å²) >= 11 is 7.47. The Morgan fingerprint density at radius 1 is 1.00 bits per heavy atom. The minimum Gasteiger partial charge on any atom is -0.490 e. The van der Waals surface area contributed by atoms with Gasteiger partial charge in [-0.25, -0.2) is 9.79 Å². The molecule has 10 heteroatoms. The molecule has 0 N–H and O–H groups in total. The van der Waals surface area contributed by atoms with Crippen molar-refractivity contribution >= 4 is 35.0 Å². The van der Waals surface area contributed by atoms with E-state index in [2.05, 4.69) is 4.99 Å². The fourth-order valence-electron chi connectivity index (χ4n) is 4.58. The van der Waals surface area contributed by atoms with Gasteiger partial charge in [-0.2, -0.15) is 0 Å². The third-order valence-electron chi connectivity index (χ3n) is 6.54. The highest BCUT2D eigenvalue weighted by Crippen LogP contribution is 2.35. The lowest BCUT2D eigenvalue weighted by Crippen LogP contribution is -2.39. The molecule has 0 spiro atoms. The van der Waals surface area contributed by atoms with E-state index in [4.69, 9.17) is 30.5 Å². The van der Waals surface area contributed by atoms with Gasteiger partial charge in [-0.15, -0.1) is 0 Å². The molecule has 0 bridgehead atoms. The molecule has 1 aromatic heterocycles. The van der Waals surface area contributed by atoms with E-state index in [1.165, 1.54) is 29.2 Å². The van der Waals surface area contributed by atoms with Crippen LogP contribution in [0.2, 0.25) is 5.02 Å². The topological polar surface area (TPSA) is 88.4 Å². The van der Waals surface area contributed by atoms with Crippen LogP contribution in [-0.4, -0.2) is 30.9 Å². The second-order valence-corrected chi connectivity index (χ2v) is 10.6. The predicted octanol–water partition coefficient (Wildman–Crippen LogP) is 5.05. The highest BCUT2D eigenvalue weighted by molar-refractivity contribution is 7.07. The van der Waals surface area contributed by atoms with Crippen molar-refractivity contribution < 1.29 is 23.7 Å². The van der Waals surface area contributed by atoms with Gasteiger partial charge < -0.3 is 18.9 Å². The largest absolute Gasteiger partial charge is 0.490 e. The average molecular weight is 605 g/mol. The number of methoxy groups -OCH3 is 1. The van der Waals surface area contributed by atoms with Crippen LogP contribution in [0.25, 0.3) is 6.08 Å². The van der Waals surface area contributed by atoms with Crippen molar-refractivity contribution in [3.05, 3.63) is 120 Å². The number of esters is 1. The number of carbonyl (C=O) groups is 1. The lowest BCUT2D eigenvalue weighted by molar-refractivity contribution is -0.136. The number of carbonyl (C=O) groups excluding carboxylic acids is 1. The first-order chi connectivity index (χ1) is 20.4. The van der Waals surface area contributed by atoms with E-state index in [0.29, 0.717) is 57.0 Å². The van der Waals surface area contributed by atoms with Crippen LogP contribution in [0.15, 0.2) is 88.3 Å². The standard InChI is InChI=1S/C32H29ClN2O6S/c1-4-39-26-15-12-21(17-27(26)40-5-2)29-24(31(37)38-3)18-34-32-35(29)30(36)28(42-32)16-20-10-13-23(14-11-20)41-19-22-8-6-7-9-25(22)33/h6-18,29H,4-5,19H2,1-3H3/b28-16-/t29-/m0/s1. The lowest BCUT2D eigenvalue weighted by Gasteiger charge is -2.23. The van der Waals surface area contributed by atoms with Crippen LogP contribution >= 0.6 is 22.9 Å². The van der Waals surface area contributed by atoms with Gasteiger partial charge in [0.2, 0.25) is 0 Å². The van der Waals surface area contributed by atoms with Gasteiger partial charge >= 0.3 is 5.97 Å². The van der Waals surface area contributed by atoms with Gasteiger partial charge in [0, 0.05) is 16.8 Å². The third-order valence-corrected chi connectivity index (χ3v) is 7.90. The van der Waals surface area contributed by atoms with Crippen molar-refractivity contribution in [2.45, 2.75) is 26.5 Å². The molecule has 2 heterocycles. The second-order valence-electron chi connectivity index (χ2n) is 9.20. The Balaban J connectivity index is 1.49. The fraction of sp³-hybridized carbons (Fsp3) is 0.219. The normalized spacial score (nSPS) is 14.4. The van der Waals surface area contributed by atoms with Crippen molar-refractivity contribution in [3.63, 3.8) is 0 Å². The molecular weight excluding hydrogens is 576 g/mol. The lowest BCUT2D eigenvalue weighted by atomic mass is 9.97. The van der Waals surface area contributed by atoms with Crippen LogP contribution in [0.3, 0.4) is 0 Å². The first-order valence-corrected chi connectivity index (χ1v) is 14.6. The van der Waals surface area contributed by atoms with Gasteiger partial charge in [0.15, 0.2) is 16.3 Å². The second kappa shape index (κ2) is 13.1. The van der Waals surface area contributed by atoms with E-state index in [1.54, 1.807) is 18.2 Å². The van der Waals surface area contributed by atoms with E-state index in [1.807, 2.05) is 68.4 Å². The minimum atomic E-state index is -0.758. The number of benzene rings is 3. The van der Waals surface area contributed by atoms with Crippen molar-refractivity contribution in [2.75, 3.05) is 20.3 Å². The fourth-order valence-corrected chi connectivity index (χ4v) is 5.74. The SMILES string of the molecule is CCOc1ccc([C@H]2C(C(=O)OC)=CN=c3s/c(=C\c4ccc(OCc5ccccc5Cl)cc4)c(=O)n32)cc1OCC. The van der Waals surface area contributed by atoms with Gasteiger partial charge in [0.05, 0.1) is 36.5 Å². The zero-order valence-electron chi connectivity index (χ0n) is 23.3. The number of halogens is 1. The molecule has 0 saturated heterocycles. The monoisotopic (exact) mass is 604 g/mol. The van der Waals surface area contributed by atoms with Crippen LogP contribution in [0.1, 0.15) is 36.6 Å². The zero-order valence-corrected chi connectivity index (χ0v) is 24.9. The van der Waals surface area contributed by atoms with Crippen LogP contribution in [0, 0.1) is 0 Å². The first-order valence-electron chi connectivity index (χ1n) is 13.4. The number of ether oxygens (including phenoxy) is 4. The summed E-state index contributed by atoms with van der Waals surface area (Å²) in [7, 11) is 1.30. The van der Waals surface area contributed by atoms with E-state index in [0.717, 1.165) is 11.1 Å². The number of hydrogen-bond donors (Lipinski definition) is 0. The number of aromatic nitrogens is 1. The van der Waals surface area contributed by atoms with Crippen molar-refractivity contribution in [2.24, 2.45) is 4.99 Å². The highest BCUT2D eigenvalue weighted by atomic mass is 35.5. The molecular formula is C32H29ClN2O6S. The van der Waals surface area contributed by atoms with Gasteiger partial charge in [0.1, 0.15) is 12.4 Å². The average Bonchev–Trinajstić information content (AvgIpc) is 3.32. The van der Waals surface area contributed by atoms with E-state index in [9.17, 15) is 9.59 Å². The maximum atomic E-state index is 13.8. The first kappa shape index (κ1) is 29.2. The molecule has 0 fully saturated rings. The summed E-state index contributed by atoms with van der Waals surface area (Å²) in [5.74, 6) is 1.21. The molecule has 1 aliphatic heterocycles. The van der Waals surface area contributed by atoms with Gasteiger partial charge in [-0.1, -0.05) is 59.3 Å². The Morgan fingerprint density at radius 3 is 2.45 bits per heavy atom. The molecule has 216 valence electrons. The maximum absolute atomic E-state index is 13.8. The maximum Gasteiger partial charge on any atom is 0.337 e. The summed E-state index contributed by atoms with van der Waals surface area (Å²) in [4.78, 5) is 31.5. The molecule has 1 atom stereocenters. The molecule has 0 saturated carbocycles. The van der Waals surface area contributed by atoms with Crippen molar-refractivity contribution in [3.8, 4) is 17.2 Å². The predicted molar refractivity (Wildman–Crippen MR) is 162 cm³/mol. The number of hydrogen-bond acceptors (Lipinski definition) is 8. The van der Waals surface area contributed by atoms with Crippen LogP contribution < -0.4 is 29.1 Å². The molecule has 0 amide bonds. The molecule has 3 aromatic carbocycles. The van der Waals surface area contributed by atoms with Crippen LogP contribution in [0.5, 0.6) is 17.2 Å². The van der Waals surface area contributed by atoms with Crippen LogP contribution in [0.4, 0.5) is 0 Å². The zero-order chi connectivity index (χ0) is 29.6. The minimum absolute atomic E-state index is 0.239. The summed E-state index contributed by atoms with van der Waals surface area (Å²) in [6.07, 6.45) is 3.26. The Morgan fingerprint density at radius 2 is 1.74 bits per heavy atom. The number of nitrogens with zero attached hydrogens (tertiary/aromatic N) is 2. The molecule has 42 heavy (non-hydrogen) atoms. The quantitative estimate of drug-likeness (QED) is 0.236. The highest BCUT2D eigenvalue weighted by Gasteiger charge is 2.31. The van der Waals surface area contributed by atoms with E-state index >= 15 is 0 Å². The van der Waals surface area contributed by atoms with Crippen LogP contribution in [-0.2, 0) is 16.1 Å². The third kappa shape index (κ3) is 6.12. The van der Waals surface area contributed by atoms with Gasteiger partial charge in [0.25, 0.3) is 5.56 Å². The Hall–Kier alpha value is -4.34. The van der Waals surface area contributed by atoms with E-state index in [-0.39, 0.29) is 11.1 Å². The smallest absolute Gasteiger partial charge is 0.337 e. The summed E-state index contributed by atoms with van der Waals surface area (Å²) in [6, 6.07) is 19.6. The summed E-state index contributed by atoms with van der Waals surface area (Å²) in [5.41, 5.74) is 2.34. The molecule has 0 radical (unpaired) electrons. The van der Waals surface area contributed by atoms with E-state index < -0.39 is 12.0 Å². The summed E-state index contributed by atoms with van der Waals surface area (Å²) in [5, 5.41) is 0.650. The Labute approximate surface area is 251 Å².